The summed E-state index contributed by atoms with van der Waals surface area (Å²) in [5, 5.41) is 6.28. The Kier molecular flexibility index (Phi) is 4.54. The largest absolute Gasteiger partial charge is 0.352 e. The minimum atomic E-state index is -0.499. The lowest BCUT2D eigenvalue weighted by molar-refractivity contribution is 0.631. The molecule has 1 aliphatic rings. The second-order valence-corrected chi connectivity index (χ2v) is 6.28. The van der Waals surface area contributed by atoms with Crippen molar-refractivity contribution in [2.45, 2.75) is 12.2 Å². The Balaban J connectivity index is 1.81. The number of aliphatic imine (C=N–C) groups is 1. The van der Waals surface area contributed by atoms with Gasteiger partial charge in [0.15, 0.2) is 5.62 Å². The number of halogens is 2. The van der Waals surface area contributed by atoms with Gasteiger partial charge in [-0.15, -0.1) is 0 Å². The Morgan fingerprint density at radius 3 is 2.58 bits per heavy atom. The second-order valence-electron chi connectivity index (χ2n) is 5.85. The Hall–Kier alpha value is -2.92. The van der Waals surface area contributed by atoms with E-state index in [4.69, 9.17) is 11.6 Å². The smallest absolute Gasteiger partial charge is 0.176 e. The molecule has 0 fully saturated rings. The molecule has 1 aliphatic heterocycles. The van der Waals surface area contributed by atoms with Crippen LogP contribution in [0.4, 0.5) is 10.1 Å². The molecule has 130 valence electrons. The number of fused-ring (bicyclic) bond motifs is 1. The molecule has 1 atom stereocenters. The van der Waals surface area contributed by atoms with Crippen LogP contribution in [0.25, 0.3) is 11.1 Å². The van der Waals surface area contributed by atoms with Gasteiger partial charge in [-0.2, -0.15) is 0 Å². The van der Waals surface area contributed by atoms with Crippen LogP contribution in [-0.2, 0) is 6.54 Å². The Morgan fingerprint density at radius 2 is 1.77 bits per heavy atom. The molecule has 2 heterocycles. The molecule has 0 saturated carbocycles. The summed E-state index contributed by atoms with van der Waals surface area (Å²) in [6.45, 7) is 0.401. The summed E-state index contributed by atoms with van der Waals surface area (Å²) in [5.41, 5.74) is 3.22. The van der Waals surface area contributed by atoms with Gasteiger partial charge in [-0.05, 0) is 29.8 Å². The van der Waals surface area contributed by atoms with Crippen molar-refractivity contribution in [1.82, 2.24) is 10.3 Å². The molecular weight excluding hydrogens is 351 g/mol. The lowest BCUT2D eigenvalue weighted by atomic mass is 9.96. The molecule has 0 saturated heterocycles. The number of pyridine rings is 1. The fourth-order valence-corrected chi connectivity index (χ4v) is 3.19. The maximum Gasteiger partial charge on any atom is 0.176 e. The average molecular weight is 367 g/mol. The van der Waals surface area contributed by atoms with E-state index in [9.17, 15) is 4.39 Å². The highest BCUT2D eigenvalue weighted by molar-refractivity contribution is 6.25. The van der Waals surface area contributed by atoms with Crippen molar-refractivity contribution in [3.8, 4) is 11.1 Å². The molecule has 0 bridgehead atoms. The quantitative estimate of drug-likeness (QED) is 0.534. The summed E-state index contributed by atoms with van der Waals surface area (Å²) in [5.74, 6) is 0.334. The van der Waals surface area contributed by atoms with Crippen molar-refractivity contribution in [1.29, 1.82) is 0 Å². The summed E-state index contributed by atoms with van der Waals surface area (Å²) >= 11 is 6.26. The Bertz CT molecular complexity index is 959. The third kappa shape index (κ3) is 3.26. The fourth-order valence-electron chi connectivity index (χ4n) is 2.97. The number of alkyl halides is 1. The van der Waals surface area contributed by atoms with Gasteiger partial charge in [0.05, 0.1) is 12.2 Å². The van der Waals surface area contributed by atoms with Gasteiger partial charge in [-0.25, -0.2) is 4.39 Å². The molecule has 2 aromatic carbocycles. The van der Waals surface area contributed by atoms with Crippen LogP contribution in [0.1, 0.15) is 11.3 Å². The number of benzene rings is 2. The molecule has 4 nitrogen and oxygen atoms in total. The number of nitrogens with one attached hydrogen (secondary N) is 2. The maximum absolute atomic E-state index is 14.4. The van der Waals surface area contributed by atoms with E-state index in [2.05, 4.69) is 20.6 Å². The summed E-state index contributed by atoms with van der Waals surface area (Å²) in [6.07, 6.45) is 1.73. The number of hydrogen-bond acceptors (Lipinski definition) is 3. The highest BCUT2D eigenvalue weighted by Crippen LogP contribution is 2.33. The van der Waals surface area contributed by atoms with Crippen LogP contribution in [0.5, 0.6) is 0 Å². The average Bonchev–Trinajstić information content (AvgIpc) is 2.66. The maximum atomic E-state index is 14.4. The van der Waals surface area contributed by atoms with Crippen molar-refractivity contribution in [3.63, 3.8) is 0 Å². The van der Waals surface area contributed by atoms with Crippen molar-refractivity contribution >= 4 is 23.1 Å². The molecule has 26 heavy (non-hydrogen) atoms. The lowest BCUT2D eigenvalue weighted by Crippen LogP contribution is -2.42. The number of amidine groups is 1. The Morgan fingerprint density at radius 1 is 0.962 bits per heavy atom. The van der Waals surface area contributed by atoms with Crippen LogP contribution in [-0.4, -0.2) is 16.4 Å². The molecule has 4 rings (SSSR count). The van der Waals surface area contributed by atoms with E-state index in [1.54, 1.807) is 18.3 Å². The van der Waals surface area contributed by atoms with E-state index in [0.29, 0.717) is 17.9 Å². The van der Waals surface area contributed by atoms with E-state index < -0.39 is 5.62 Å². The van der Waals surface area contributed by atoms with Gasteiger partial charge in [0.25, 0.3) is 0 Å². The van der Waals surface area contributed by atoms with Crippen LogP contribution in [0.2, 0.25) is 0 Å². The third-order valence-corrected chi connectivity index (χ3v) is 4.35. The predicted molar refractivity (Wildman–Crippen MR) is 103 cm³/mol. The van der Waals surface area contributed by atoms with E-state index in [-0.39, 0.29) is 5.82 Å². The van der Waals surface area contributed by atoms with Gasteiger partial charge in [0.1, 0.15) is 11.7 Å². The van der Waals surface area contributed by atoms with Crippen LogP contribution < -0.4 is 10.6 Å². The van der Waals surface area contributed by atoms with E-state index in [0.717, 1.165) is 22.5 Å². The van der Waals surface area contributed by atoms with E-state index in [1.165, 1.54) is 6.07 Å². The van der Waals surface area contributed by atoms with Gasteiger partial charge < -0.3 is 10.6 Å². The molecule has 6 heteroatoms. The van der Waals surface area contributed by atoms with Gasteiger partial charge in [-0.3, -0.25) is 9.98 Å². The minimum absolute atomic E-state index is 0.280. The predicted octanol–water partition coefficient (Wildman–Crippen LogP) is 4.37. The van der Waals surface area contributed by atoms with Crippen molar-refractivity contribution in [3.05, 3.63) is 83.9 Å². The first-order chi connectivity index (χ1) is 12.7. The van der Waals surface area contributed by atoms with Gasteiger partial charge in [0, 0.05) is 23.0 Å². The second kappa shape index (κ2) is 7.14. The van der Waals surface area contributed by atoms with Crippen LogP contribution in [0.3, 0.4) is 0 Å². The van der Waals surface area contributed by atoms with E-state index in [1.807, 2.05) is 42.5 Å². The monoisotopic (exact) mass is 366 g/mol. The topological polar surface area (TPSA) is 49.3 Å². The van der Waals surface area contributed by atoms with Crippen molar-refractivity contribution in [2.24, 2.45) is 4.99 Å². The molecular formula is C20H16ClFN4. The van der Waals surface area contributed by atoms with Crippen LogP contribution in [0.15, 0.2) is 71.9 Å². The highest BCUT2D eigenvalue weighted by Gasteiger charge is 2.24. The summed E-state index contributed by atoms with van der Waals surface area (Å²) < 4.78 is 14.4. The first-order valence-electron chi connectivity index (χ1n) is 8.22. The first kappa shape index (κ1) is 16.5. The van der Waals surface area contributed by atoms with Gasteiger partial charge in [0.2, 0.25) is 0 Å². The zero-order valence-corrected chi connectivity index (χ0v) is 14.5. The van der Waals surface area contributed by atoms with Gasteiger partial charge in [-0.1, -0.05) is 48.0 Å². The Labute approximate surface area is 155 Å². The molecule has 1 aromatic heterocycles. The highest BCUT2D eigenvalue weighted by atomic mass is 35.5. The fraction of sp³-hybridized carbons (Fsp3) is 0.100. The summed E-state index contributed by atoms with van der Waals surface area (Å²) in [4.78, 5) is 8.95. The molecule has 2 N–H and O–H groups in total. The third-order valence-electron chi connectivity index (χ3n) is 4.14. The minimum Gasteiger partial charge on any atom is -0.352 e. The normalized spacial score (nSPS) is 17.3. The van der Waals surface area contributed by atoms with E-state index >= 15 is 0 Å². The number of hydrogen-bond donors (Lipinski definition) is 2. The molecule has 3 aromatic rings. The SMILES string of the molecule is Fc1ccccc1-c1cccc2c1C(=NCc1ccccn1)NC(Cl)N2. The molecule has 1 unspecified atom stereocenters. The van der Waals surface area contributed by atoms with Crippen LogP contribution in [0, 0.1) is 5.82 Å². The summed E-state index contributed by atoms with van der Waals surface area (Å²) in [6, 6.07) is 18.1. The standard InChI is InChI=1S/C20H16ClFN4/c21-20-25-17-10-5-8-15(14-7-1-2-9-16(14)22)18(17)19(26-20)24-12-13-6-3-4-11-23-13/h1-11,20,25H,12H2,(H,24,26). The van der Waals surface area contributed by atoms with Crippen molar-refractivity contribution < 1.29 is 4.39 Å². The molecule has 0 spiro atoms. The lowest BCUT2D eigenvalue weighted by Gasteiger charge is -2.28. The summed E-state index contributed by atoms with van der Waals surface area (Å²) in [7, 11) is 0. The van der Waals surface area contributed by atoms with Gasteiger partial charge >= 0.3 is 0 Å². The number of anilines is 1. The zero-order chi connectivity index (χ0) is 17.9. The zero-order valence-electron chi connectivity index (χ0n) is 13.8. The number of aromatic nitrogens is 1. The van der Waals surface area contributed by atoms with Crippen molar-refractivity contribution in [2.75, 3.05) is 5.32 Å². The number of nitrogens with zero attached hydrogens (tertiary/aromatic N) is 2. The van der Waals surface area contributed by atoms with Crippen LogP contribution >= 0.6 is 11.6 Å². The number of rotatable bonds is 3. The first-order valence-corrected chi connectivity index (χ1v) is 8.66. The molecule has 0 radical (unpaired) electrons. The molecule has 0 aliphatic carbocycles. The molecule has 0 amide bonds.